The molecule has 0 radical (unpaired) electrons. The van der Waals surface area contributed by atoms with Crippen LogP contribution in [-0.4, -0.2) is 59.8 Å². The van der Waals surface area contributed by atoms with E-state index in [4.69, 9.17) is 17.0 Å². The third-order valence-corrected chi connectivity index (χ3v) is 5.53. The second-order valence-corrected chi connectivity index (χ2v) is 7.96. The number of benzene rings is 1. The van der Waals surface area contributed by atoms with E-state index in [2.05, 4.69) is 0 Å². The van der Waals surface area contributed by atoms with Gasteiger partial charge < -0.3 is 9.64 Å². The molecule has 7 heteroatoms. The van der Waals surface area contributed by atoms with E-state index in [1.165, 1.54) is 11.8 Å². The molecular formula is C20H26N2O3S2. The molecule has 1 amide bonds. The lowest BCUT2D eigenvalue weighted by Crippen LogP contribution is -2.27. The summed E-state index contributed by atoms with van der Waals surface area (Å²) in [6, 6.07) is 9.85. The Morgan fingerprint density at radius 2 is 1.96 bits per heavy atom. The van der Waals surface area contributed by atoms with Crippen LogP contribution < -0.4 is 0 Å². The Morgan fingerprint density at radius 3 is 2.67 bits per heavy atom. The summed E-state index contributed by atoms with van der Waals surface area (Å²) in [4.78, 5) is 28.9. The average Bonchev–Trinajstić information content (AvgIpc) is 2.89. The number of hydrogen-bond acceptors (Lipinski definition) is 6. The summed E-state index contributed by atoms with van der Waals surface area (Å²) >= 11 is 6.65. The molecule has 0 atom stereocenters. The summed E-state index contributed by atoms with van der Waals surface area (Å²) < 4.78 is 5.16. The van der Waals surface area contributed by atoms with Crippen LogP contribution in [0.1, 0.15) is 31.2 Å². The zero-order valence-corrected chi connectivity index (χ0v) is 17.5. The zero-order chi connectivity index (χ0) is 19.6. The van der Waals surface area contributed by atoms with Crippen LogP contribution in [0.5, 0.6) is 0 Å². The molecule has 0 aromatic heterocycles. The van der Waals surface area contributed by atoms with Gasteiger partial charge in [-0.25, -0.2) is 0 Å². The number of thiocarbonyl (C=S) groups is 1. The van der Waals surface area contributed by atoms with Crippen molar-refractivity contribution in [3.63, 3.8) is 0 Å². The minimum atomic E-state index is -0.159. The van der Waals surface area contributed by atoms with Gasteiger partial charge in [0.25, 0.3) is 5.24 Å². The van der Waals surface area contributed by atoms with Crippen LogP contribution in [0, 0.1) is 0 Å². The van der Waals surface area contributed by atoms with Gasteiger partial charge >= 0.3 is 5.97 Å². The number of esters is 1. The topological polar surface area (TPSA) is 49.9 Å². The average molecular weight is 407 g/mol. The highest BCUT2D eigenvalue weighted by molar-refractivity contribution is 8.19. The molecule has 1 aliphatic rings. The van der Waals surface area contributed by atoms with Gasteiger partial charge in [0.05, 0.1) is 4.91 Å². The fourth-order valence-corrected chi connectivity index (χ4v) is 3.81. The van der Waals surface area contributed by atoms with Crippen molar-refractivity contribution in [2.45, 2.75) is 25.7 Å². The van der Waals surface area contributed by atoms with Crippen molar-refractivity contribution >= 4 is 46.3 Å². The molecule has 1 aromatic carbocycles. The second kappa shape index (κ2) is 11.2. The second-order valence-electron chi connectivity index (χ2n) is 6.58. The standard InChI is InChI=1S/C20H26N2O3S2/c1-21(2)13-14-25-18(23)11-7-4-8-12-22-19(26)17(27-20(22)24)15-16-9-5-3-6-10-16/h3,5-6,9-10,15H,4,7-8,11-14H2,1-2H3/b17-15+. The Morgan fingerprint density at radius 1 is 1.22 bits per heavy atom. The van der Waals surface area contributed by atoms with E-state index < -0.39 is 0 Å². The van der Waals surface area contributed by atoms with Crippen LogP contribution in [0.15, 0.2) is 35.2 Å². The summed E-state index contributed by atoms with van der Waals surface area (Å²) in [5.74, 6) is -0.159. The van der Waals surface area contributed by atoms with Gasteiger partial charge in [-0.1, -0.05) is 49.0 Å². The van der Waals surface area contributed by atoms with Crippen LogP contribution in [0.25, 0.3) is 6.08 Å². The van der Waals surface area contributed by atoms with E-state index in [1.807, 2.05) is 55.4 Å². The highest BCUT2D eigenvalue weighted by atomic mass is 32.2. The third-order valence-electron chi connectivity index (χ3n) is 4.04. The Labute approximate surface area is 170 Å². The molecule has 0 saturated carbocycles. The van der Waals surface area contributed by atoms with Gasteiger partial charge in [0, 0.05) is 19.5 Å². The van der Waals surface area contributed by atoms with E-state index in [-0.39, 0.29) is 11.2 Å². The van der Waals surface area contributed by atoms with Crippen LogP contribution in [-0.2, 0) is 9.53 Å². The first-order chi connectivity index (χ1) is 13.0. The van der Waals surface area contributed by atoms with Crippen LogP contribution in [0.2, 0.25) is 0 Å². The molecule has 0 aliphatic carbocycles. The number of likely N-dealkylation sites (N-methyl/N-ethyl adjacent to an activating group) is 1. The molecule has 1 fully saturated rings. The number of unbranched alkanes of at least 4 members (excludes halogenated alkanes) is 2. The number of rotatable bonds is 10. The minimum absolute atomic E-state index is 0.0229. The van der Waals surface area contributed by atoms with Crippen LogP contribution >= 0.6 is 24.0 Å². The Bertz CT molecular complexity index is 690. The third kappa shape index (κ3) is 7.44. The number of carbonyl (C=O) groups is 2. The molecule has 0 spiro atoms. The first-order valence-electron chi connectivity index (χ1n) is 9.08. The van der Waals surface area contributed by atoms with E-state index in [0.29, 0.717) is 24.6 Å². The van der Waals surface area contributed by atoms with Gasteiger partial charge in [0.1, 0.15) is 11.6 Å². The van der Waals surface area contributed by atoms with Crippen LogP contribution in [0.4, 0.5) is 4.79 Å². The fourth-order valence-electron chi connectivity index (χ4n) is 2.52. The normalized spacial score (nSPS) is 15.8. The van der Waals surface area contributed by atoms with Crippen molar-refractivity contribution in [3.8, 4) is 0 Å². The van der Waals surface area contributed by atoms with Crippen molar-refractivity contribution in [2.75, 3.05) is 33.8 Å². The predicted octanol–water partition coefficient (Wildman–Crippen LogP) is 4.19. The molecule has 1 saturated heterocycles. The summed E-state index contributed by atoms with van der Waals surface area (Å²) in [7, 11) is 3.88. The number of carbonyl (C=O) groups excluding carboxylic acids is 2. The SMILES string of the molecule is CN(C)CCOC(=O)CCCCCN1C(=O)S/C(=C/c2ccccc2)C1=S. The van der Waals surface area contributed by atoms with Crippen molar-refractivity contribution < 1.29 is 14.3 Å². The first kappa shape index (κ1) is 21.6. The quantitative estimate of drug-likeness (QED) is 0.251. The first-order valence-corrected chi connectivity index (χ1v) is 10.3. The molecule has 146 valence electrons. The molecular weight excluding hydrogens is 380 g/mol. The molecule has 27 heavy (non-hydrogen) atoms. The highest BCUT2D eigenvalue weighted by Crippen LogP contribution is 2.33. The van der Waals surface area contributed by atoms with Gasteiger partial charge in [0.15, 0.2) is 0 Å². The fraction of sp³-hybridized carbons (Fsp3) is 0.450. The summed E-state index contributed by atoms with van der Waals surface area (Å²) in [5, 5.41) is -0.0229. The van der Waals surface area contributed by atoms with E-state index in [1.54, 1.807) is 4.90 Å². The van der Waals surface area contributed by atoms with Crippen molar-refractivity contribution in [3.05, 3.63) is 40.8 Å². The maximum Gasteiger partial charge on any atom is 0.305 e. The lowest BCUT2D eigenvalue weighted by Gasteiger charge is -2.14. The largest absolute Gasteiger partial charge is 0.464 e. The lowest BCUT2D eigenvalue weighted by atomic mass is 10.2. The molecule has 0 bridgehead atoms. The van der Waals surface area contributed by atoms with Crippen LogP contribution in [0.3, 0.4) is 0 Å². The Kier molecular flexibility index (Phi) is 8.97. The van der Waals surface area contributed by atoms with E-state index in [9.17, 15) is 9.59 Å². The molecule has 1 aromatic rings. The molecule has 2 rings (SSSR count). The highest BCUT2D eigenvalue weighted by Gasteiger charge is 2.30. The number of nitrogens with zero attached hydrogens (tertiary/aromatic N) is 2. The number of hydrogen-bond donors (Lipinski definition) is 0. The van der Waals surface area contributed by atoms with Crippen molar-refractivity contribution in [2.24, 2.45) is 0 Å². The Hall–Kier alpha value is -1.70. The van der Waals surface area contributed by atoms with E-state index >= 15 is 0 Å². The Balaban J connectivity index is 1.69. The maximum absolute atomic E-state index is 12.2. The van der Waals surface area contributed by atoms with Gasteiger partial charge in [0.2, 0.25) is 0 Å². The monoisotopic (exact) mass is 406 g/mol. The smallest absolute Gasteiger partial charge is 0.305 e. The molecule has 1 aliphatic heterocycles. The predicted molar refractivity (Wildman–Crippen MR) is 115 cm³/mol. The zero-order valence-electron chi connectivity index (χ0n) is 15.8. The minimum Gasteiger partial charge on any atom is -0.464 e. The molecule has 5 nitrogen and oxygen atoms in total. The molecule has 1 heterocycles. The van der Waals surface area contributed by atoms with Gasteiger partial charge in [-0.2, -0.15) is 0 Å². The molecule has 0 N–H and O–H groups in total. The van der Waals surface area contributed by atoms with Gasteiger partial charge in [-0.3, -0.25) is 14.5 Å². The van der Waals surface area contributed by atoms with E-state index in [0.717, 1.165) is 36.3 Å². The number of ether oxygens (including phenoxy) is 1. The summed E-state index contributed by atoms with van der Waals surface area (Å²) in [5.41, 5.74) is 1.03. The van der Waals surface area contributed by atoms with Crippen molar-refractivity contribution in [1.29, 1.82) is 0 Å². The van der Waals surface area contributed by atoms with Gasteiger partial charge in [-0.05, 0) is 50.3 Å². The number of amides is 1. The summed E-state index contributed by atoms with van der Waals surface area (Å²) in [6.45, 7) is 1.75. The molecule has 0 unspecified atom stereocenters. The number of thioether (sulfide) groups is 1. The van der Waals surface area contributed by atoms with Gasteiger partial charge in [-0.15, -0.1) is 0 Å². The maximum atomic E-state index is 12.2. The van der Waals surface area contributed by atoms with Crippen molar-refractivity contribution in [1.82, 2.24) is 9.80 Å². The summed E-state index contributed by atoms with van der Waals surface area (Å²) in [6.07, 6.45) is 4.80. The lowest BCUT2D eigenvalue weighted by molar-refractivity contribution is -0.144.